The molecular weight excluding hydrogens is 242 g/mol. The van der Waals surface area contributed by atoms with E-state index in [0.717, 1.165) is 13.0 Å². The lowest BCUT2D eigenvalue weighted by atomic mass is 10.1. The molecular formula is C13H17N5O. The van der Waals surface area contributed by atoms with Crippen LogP contribution in [0.4, 0.5) is 11.4 Å². The van der Waals surface area contributed by atoms with Gasteiger partial charge in [0.15, 0.2) is 0 Å². The summed E-state index contributed by atoms with van der Waals surface area (Å²) in [7, 11) is 0. The summed E-state index contributed by atoms with van der Waals surface area (Å²) in [5.41, 5.74) is 12.7. The van der Waals surface area contributed by atoms with Crippen LogP contribution in [0.5, 0.6) is 0 Å². The number of nitrogen functional groups attached to an aromatic ring is 2. The number of nitrogens with zero attached hydrogens (tertiary/aromatic N) is 2. The highest BCUT2D eigenvalue weighted by atomic mass is 16.1. The maximum atomic E-state index is 11.9. The lowest BCUT2D eigenvalue weighted by molar-refractivity contribution is 0.0953. The molecule has 5 N–H and O–H groups in total. The van der Waals surface area contributed by atoms with Gasteiger partial charge in [-0.05, 0) is 30.7 Å². The van der Waals surface area contributed by atoms with Crippen molar-refractivity contribution in [1.29, 1.82) is 0 Å². The fourth-order valence-corrected chi connectivity index (χ4v) is 1.76. The zero-order valence-corrected chi connectivity index (χ0v) is 10.5. The van der Waals surface area contributed by atoms with Crippen molar-refractivity contribution in [2.24, 2.45) is 0 Å². The minimum absolute atomic E-state index is 0.182. The average Bonchev–Trinajstić information content (AvgIpc) is 2.87. The summed E-state index contributed by atoms with van der Waals surface area (Å²) in [4.78, 5) is 11.9. The largest absolute Gasteiger partial charge is 0.399 e. The van der Waals surface area contributed by atoms with Gasteiger partial charge in [-0.25, -0.2) is 0 Å². The number of aryl methyl sites for hydroxylation is 1. The quantitative estimate of drug-likeness (QED) is 0.548. The number of carbonyl (C=O) groups excluding carboxylic acids is 1. The van der Waals surface area contributed by atoms with Crippen LogP contribution in [0.15, 0.2) is 36.7 Å². The molecule has 1 amide bonds. The maximum absolute atomic E-state index is 11.9. The first-order chi connectivity index (χ1) is 9.16. The second-order valence-electron chi connectivity index (χ2n) is 4.23. The van der Waals surface area contributed by atoms with Gasteiger partial charge in [0, 0.05) is 36.9 Å². The summed E-state index contributed by atoms with van der Waals surface area (Å²) >= 11 is 0. The lowest BCUT2D eigenvalue weighted by Gasteiger charge is -2.08. The van der Waals surface area contributed by atoms with Gasteiger partial charge in [-0.1, -0.05) is 0 Å². The standard InChI is InChI=1S/C13H17N5O/c14-10-3-4-11(12(15)9-10)13(19)16-5-1-7-18-8-2-6-17-18/h2-4,6,8-9H,1,5,7,14-15H2,(H,16,19). The number of hydrogen-bond donors (Lipinski definition) is 3. The highest BCUT2D eigenvalue weighted by molar-refractivity contribution is 5.99. The number of aromatic nitrogens is 2. The summed E-state index contributed by atoms with van der Waals surface area (Å²) in [6.45, 7) is 1.34. The number of hydrogen-bond acceptors (Lipinski definition) is 4. The molecule has 100 valence electrons. The molecule has 0 saturated carbocycles. The lowest BCUT2D eigenvalue weighted by Crippen LogP contribution is -2.26. The van der Waals surface area contributed by atoms with Gasteiger partial charge in [0.2, 0.25) is 0 Å². The Morgan fingerprint density at radius 2 is 2.21 bits per heavy atom. The third-order valence-electron chi connectivity index (χ3n) is 2.73. The first kappa shape index (κ1) is 12.9. The Morgan fingerprint density at radius 3 is 2.89 bits per heavy atom. The van der Waals surface area contributed by atoms with Gasteiger partial charge in [-0.3, -0.25) is 9.48 Å². The second kappa shape index (κ2) is 5.90. The van der Waals surface area contributed by atoms with Crippen LogP contribution in [0.1, 0.15) is 16.8 Å². The van der Waals surface area contributed by atoms with E-state index in [0.29, 0.717) is 23.5 Å². The van der Waals surface area contributed by atoms with Crippen LogP contribution in [0, 0.1) is 0 Å². The molecule has 19 heavy (non-hydrogen) atoms. The molecule has 2 rings (SSSR count). The molecule has 0 fully saturated rings. The first-order valence-electron chi connectivity index (χ1n) is 6.07. The zero-order valence-electron chi connectivity index (χ0n) is 10.5. The van der Waals surface area contributed by atoms with E-state index >= 15 is 0 Å². The molecule has 0 saturated heterocycles. The molecule has 0 aliphatic rings. The molecule has 0 atom stereocenters. The Labute approximate surface area is 111 Å². The highest BCUT2D eigenvalue weighted by Gasteiger charge is 2.08. The molecule has 0 radical (unpaired) electrons. The highest BCUT2D eigenvalue weighted by Crippen LogP contribution is 2.15. The summed E-state index contributed by atoms with van der Waals surface area (Å²) in [5.74, 6) is -0.182. The van der Waals surface area contributed by atoms with Crippen LogP contribution in [0.25, 0.3) is 0 Å². The van der Waals surface area contributed by atoms with E-state index in [1.165, 1.54) is 0 Å². The van der Waals surface area contributed by atoms with E-state index in [4.69, 9.17) is 11.5 Å². The number of benzene rings is 1. The normalized spacial score (nSPS) is 10.3. The fraction of sp³-hybridized carbons (Fsp3) is 0.231. The van der Waals surface area contributed by atoms with E-state index < -0.39 is 0 Å². The summed E-state index contributed by atoms with van der Waals surface area (Å²) < 4.78 is 1.82. The fourth-order valence-electron chi connectivity index (χ4n) is 1.76. The number of nitrogens with two attached hydrogens (primary N) is 2. The molecule has 0 aliphatic heterocycles. The summed E-state index contributed by atoms with van der Waals surface area (Å²) in [6.07, 6.45) is 4.43. The van der Waals surface area contributed by atoms with E-state index in [2.05, 4.69) is 10.4 Å². The van der Waals surface area contributed by atoms with E-state index in [9.17, 15) is 4.79 Å². The van der Waals surface area contributed by atoms with Crippen LogP contribution in [0.3, 0.4) is 0 Å². The Bertz CT molecular complexity index is 550. The van der Waals surface area contributed by atoms with Crippen molar-refractivity contribution in [2.45, 2.75) is 13.0 Å². The van der Waals surface area contributed by atoms with Crippen molar-refractivity contribution in [2.75, 3.05) is 18.0 Å². The summed E-state index contributed by atoms with van der Waals surface area (Å²) in [5, 5.41) is 6.91. The molecule has 1 aromatic heterocycles. The van der Waals surface area contributed by atoms with Crippen molar-refractivity contribution in [3.8, 4) is 0 Å². The van der Waals surface area contributed by atoms with Gasteiger partial charge in [0.1, 0.15) is 0 Å². The van der Waals surface area contributed by atoms with E-state index in [1.807, 2.05) is 16.9 Å². The molecule has 0 bridgehead atoms. The SMILES string of the molecule is Nc1ccc(C(=O)NCCCn2cccn2)c(N)c1. The predicted molar refractivity (Wildman–Crippen MR) is 74.4 cm³/mol. The first-order valence-corrected chi connectivity index (χ1v) is 6.07. The third-order valence-corrected chi connectivity index (χ3v) is 2.73. The van der Waals surface area contributed by atoms with Crippen LogP contribution in [-0.4, -0.2) is 22.2 Å². The van der Waals surface area contributed by atoms with E-state index in [1.54, 1.807) is 24.4 Å². The Balaban J connectivity index is 1.81. The van der Waals surface area contributed by atoms with Crippen molar-refractivity contribution >= 4 is 17.3 Å². The van der Waals surface area contributed by atoms with Crippen molar-refractivity contribution < 1.29 is 4.79 Å². The van der Waals surface area contributed by atoms with Crippen molar-refractivity contribution in [3.05, 3.63) is 42.2 Å². The van der Waals surface area contributed by atoms with Crippen LogP contribution in [0.2, 0.25) is 0 Å². The monoisotopic (exact) mass is 259 g/mol. The van der Waals surface area contributed by atoms with Gasteiger partial charge < -0.3 is 16.8 Å². The number of carbonyl (C=O) groups is 1. The van der Waals surface area contributed by atoms with Crippen LogP contribution in [-0.2, 0) is 6.54 Å². The van der Waals surface area contributed by atoms with Gasteiger partial charge in [-0.15, -0.1) is 0 Å². The maximum Gasteiger partial charge on any atom is 0.253 e. The van der Waals surface area contributed by atoms with Crippen molar-refractivity contribution in [3.63, 3.8) is 0 Å². The molecule has 0 spiro atoms. The van der Waals surface area contributed by atoms with E-state index in [-0.39, 0.29) is 5.91 Å². The topological polar surface area (TPSA) is 99.0 Å². The molecule has 2 aromatic rings. The molecule has 6 heteroatoms. The third kappa shape index (κ3) is 3.48. The van der Waals surface area contributed by atoms with Gasteiger partial charge in [0.25, 0.3) is 5.91 Å². The summed E-state index contributed by atoms with van der Waals surface area (Å²) in [6, 6.07) is 6.74. The molecule has 0 unspecified atom stereocenters. The number of anilines is 2. The van der Waals surface area contributed by atoms with Gasteiger partial charge in [-0.2, -0.15) is 5.10 Å². The minimum atomic E-state index is -0.182. The smallest absolute Gasteiger partial charge is 0.253 e. The van der Waals surface area contributed by atoms with Crippen LogP contribution >= 0.6 is 0 Å². The molecule has 6 nitrogen and oxygen atoms in total. The van der Waals surface area contributed by atoms with Crippen LogP contribution < -0.4 is 16.8 Å². The Kier molecular flexibility index (Phi) is 4.02. The Morgan fingerprint density at radius 1 is 1.37 bits per heavy atom. The minimum Gasteiger partial charge on any atom is -0.399 e. The average molecular weight is 259 g/mol. The molecule has 0 aliphatic carbocycles. The predicted octanol–water partition coefficient (Wildman–Crippen LogP) is 0.868. The molecule has 1 aromatic carbocycles. The van der Waals surface area contributed by atoms with Crippen molar-refractivity contribution in [1.82, 2.24) is 15.1 Å². The Hall–Kier alpha value is -2.50. The molecule has 1 heterocycles. The second-order valence-corrected chi connectivity index (χ2v) is 4.23. The number of amides is 1. The van der Waals surface area contributed by atoms with Gasteiger partial charge in [0.05, 0.1) is 5.56 Å². The zero-order chi connectivity index (χ0) is 13.7. The number of nitrogens with one attached hydrogen (secondary N) is 1. The number of rotatable bonds is 5. The van der Waals surface area contributed by atoms with Gasteiger partial charge >= 0.3 is 0 Å².